The minimum absolute atomic E-state index is 0.272. The molecule has 1 heterocycles. The Labute approximate surface area is 111 Å². The lowest BCUT2D eigenvalue weighted by atomic mass is 9.88. The third-order valence-corrected chi connectivity index (χ3v) is 4.09. The van der Waals surface area contributed by atoms with Crippen LogP contribution in [0, 0.1) is 12.7 Å². The standard InChI is InChI=1S/C8H6BFIN2P.C2H6/c1-4-6(10)2-7-5(8(4)9)3-12-13(7)14-11;1-2/h2-3,14H,1H3;1-2H3. The van der Waals surface area contributed by atoms with Crippen LogP contribution >= 0.6 is 28.4 Å². The molecule has 0 aliphatic heterocycles. The van der Waals surface area contributed by atoms with Crippen molar-refractivity contribution >= 4 is 52.6 Å². The normalized spacial score (nSPS) is 10.8. The highest BCUT2D eigenvalue weighted by molar-refractivity contribution is 14.2. The fraction of sp³-hybridized carbons (Fsp3) is 0.300. The van der Waals surface area contributed by atoms with Crippen molar-refractivity contribution in [2.75, 3.05) is 0 Å². The van der Waals surface area contributed by atoms with E-state index in [4.69, 9.17) is 7.85 Å². The summed E-state index contributed by atoms with van der Waals surface area (Å²) in [6.45, 7) is 5.67. The Hall–Kier alpha value is -0.155. The summed E-state index contributed by atoms with van der Waals surface area (Å²) in [5.74, 6) is -0.272. The van der Waals surface area contributed by atoms with E-state index in [-0.39, 0.29) is 5.82 Å². The summed E-state index contributed by atoms with van der Waals surface area (Å²) >= 11 is 2.20. The van der Waals surface area contributed by atoms with Gasteiger partial charge in [-0.05, 0) is 34.5 Å². The number of hydrogen-bond acceptors (Lipinski definition) is 1. The third-order valence-electron chi connectivity index (χ3n) is 2.20. The number of benzene rings is 1. The largest absolute Gasteiger partial charge is 0.237 e. The van der Waals surface area contributed by atoms with Crippen molar-refractivity contribution < 1.29 is 4.39 Å². The molecule has 1 unspecified atom stereocenters. The number of aromatic nitrogens is 2. The predicted octanol–water partition coefficient (Wildman–Crippen LogP) is 3.10. The Morgan fingerprint density at radius 2 is 2.12 bits per heavy atom. The lowest BCUT2D eigenvalue weighted by molar-refractivity contribution is 0.621. The van der Waals surface area contributed by atoms with Crippen molar-refractivity contribution in [3.63, 3.8) is 0 Å². The van der Waals surface area contributed by atoms with Gasteiger partial charge in [-0.2, -0.15) is 5.10 Å². The third kappa shape index (κ3) is 2.40. The first-order valence-electron chi connectivity index (χ1n) is 4.94. The van der Waals surface area contributed by atoms with Crippen LogP contribution in [0.15, 0.2) is 12.3 Å². The summed E-state index contributed by atoms with van der Waals surface area (Å²) in [6.07, 6.45) is 2.13. The van der Waals surface area contributed by atoms with Crippen LogP contribution in [0.5, 0.6) is 0 Å². The molecule has 0 amide bonds. The molecular weight excluding hydrogens is 336 g/mol. The van der Waals surface area contributed by atoms with E-state index in [1.54, 1.807) is 17.6 Å². The first-order chi connectivity index (χ1) is 7.65. The fourth-order valence-electron chi connectivity index (χ4n) is 1.33. The van der Waals surface area contributed by atoms with Crippen molar-refractivity contribution in [3.05, 3.63) is 23.6 Å². The van der Waals surface area contributed by atoms with Gasteiger partial charge in [0.1, 0.15) is 13.7 Å². The van der Waals surface area contributed by atoms with E-state index in [2.05, 4.69) is 27.1 Å². The zero-order valence-electron chi connectivity index (χ0n) is 9.38. The Morgan fingerprint density at radius 1 is 1.50 bits per heavy atom. The zero-order valence-corrected chi connectivity index (χ0v) is 12.5. The monoisotopic (exact) mass is 348 g/mol. The number of nitrogens with zero attached hydrogens (tertiary/aromatic N) is 2. The molecule has 84 valence electrons. The molecule has 2 rings (SSSR count). The highest BCUT2D eigenvalue weighted by Crippen LogP contribution is 2.28. The van der Waals surface area contributed by atoms with Gasteiger partial charge in [0.15, 0.2) is 0 Å². The van der Waals surface area contributed by atoms with E-state index < -0.39 is 0 Å². The molecule has 0 N–H and O–H groups in total. The maximum atomic E-state index is 13.4. The van der Waals surface area contributed by atoms with Gasteiger partial charge >= 0.3 is 0 Å². The molecule has 0 fully saturated rings. The minimum Gasteiger partial charge on any atom is -0.237 e. The summed E-state index contributed by atoms with van der Waals surface area (Å²) < 4.78 is 15.1. The molecule has 0 bridgehead atoms. The van der Waals surface area contributed by atoms with Crippen LogP contribution in [0.2, 0.25) is 0 Å². The first kappa shape index (κ1) is 13.9. The molecule has 0 spiro atoms. The van der Waals surface area contributed by atoms with Gasteiger partial charge in [-0.1, -0.05) is 19.3 Å². The second kappa shape index (κ2) is 5.96. The van der Waals surface area contributed by atoms with Crippen molar-refractivity contribution in [2.45, 2.75) is 20.8 Å². The Kier molecular flexibility index (Phi) is 5.18. The lowest BCUT2D eigenvalue weighted by Gasteiger charge is -2.04. The summed E-state index contributed by atoms with van der Waals surface area (Å²) in [5, 5.41) is 4.96. The van der Waals surface area contributed by atoms with Crippen molar-refractivity contribution in [1.29, 1.82) is 0 Å². The summed E-state index contributed by atoms with van der Waals surface area (Å²) in [7, 11) is 5.79. The minimum atomic E-state index is -0.272. The summed E-state index contributed by atoms with van der Waals surface area (Å²) in [5.41, 5.74) is 1.74. The molecule has 1 aromatic carbocycles. The molecule has 16 heavy (non-hydrogen) atoms. The number of fused-ring (bicyclic) bond motifs is 1. The Morgan fingerprint density at radius 3 is 2.69 bits per heavy atom. The Bertz CT molecular complexity index is 501. The lowest BCUT2D eigenvalue weighted by Crippen LogP contribution is -2.10. The van der Waals surface area contributed by atoms with Gasteiger partial charge in [-0.15, -0.1) is 0 Å². The van der Waals surface area contributed by atoms with Gasteiger partial charge in [-0.3, -0.25) is 0 Å². The summed E-state index contributed by atoms with van der Waals surface area (Å²) in [4.78, 5) is 0. The maximum Gasteiger partial charge on any atom is 0.127 e. The number of halogens is 2. The number of rotatable bonds is 1. The average molecular weight is 348 g/mol. The molecule has 2 radical (unpaired) electrons. The molecule has 1 aromatic heterocycles. The van der Waals surface area contributed by atoms with Crippen LogP contribution in [-0.4, -0.2) is 17.4 Å². The van der Waals surface area contributed by atoms with Crippen molar-refractivity contribution in [1.82, 2.24) is 9.55 Å². The second-order valence-corrected chi connectivity index (χ2v) is 5.01. The van der Waals surface area contributed by atoms with Crippen LogP contribution in [0.1, 0.15) is 19.4 Å². The number of hydrogen-bond donors (Lipinski definition) is 0. The second-order valence-electron chi connectivity index (χ2n) is 2.97. The predicted molar refractivity (Wildman–Crippen MR) is 78.9 cm³/mol. The smallest absolute Gasteiger partial charge is 0.127 e. The van der Waals surface area contributed by atoms with Crippen LogP contribution in [0.25, 0.3) is 10.9 Å². The molecule has 2 nitrogen and oxygen atoms in total. The van der Waals surface area contributed by atoms with E-state index in [0.29, 0.717) is 17.4 Å². The van der Waals surface area contributed by atoms with E-state index >= 15 is 0 Å². The highest BCUT2D eigenvalue weighted by Gasteiger charge is 2.09. The molecule has 0 aliphatic rings. The van der Waals surface area contributed by atoms with Crippen LogP contribution in [-0.2, 0) is 0 Å². The molecule has 0 aliphatic carbocycles. The molecule has 0 saturated heterocycles. The fourth-order valence-corrected chi connectivity index (χ4v) is 2.86. The molecule has 6 heteroatoms. The van der Waals surface area contributed by atoms with E-state index in [0.717, 1.165) is 10.9 Å². The van der Waals surface area contributed by atoms with Crippen LogP contribution in [0.4, 0.5) is 4.39 Å². The molecule has 0 saturated carbocycles. The van der Waals surface area contributed by atoms with Gasteiger partial charge in [-0.25, -0.2) is 8.84 Å². The van der Waals surface area contributed by atoms with E-state index in [9.17, 15) is 4.39 Å². The maximum absolute atomic E-state index is 13.4. The molecule has 2 aromatic rings. The summed E-state index contributed by atoms with van der Waals surface area (Å²) in [6, 6.07) is 1.49. The van der Waals surface area contributed by atoms with Crippen molar-refractivity contribution in [3.8, 4) is 0 Å². The van der Waals surface area contributed by atoms with Crippen LogP contribution in [0.3, 0.4) is 0 Å². The average Bonchev–Trinajstić information content (AvgIpc) is 2.71. The molecular formula is C10H12BFIN2P. The van der Waals surface area contributed by atoms with E-state index in [1.165, 1.54) is 6.07 Å². The molecule has 1 atom stereocenters. The SMILES string of the molecule is CC.[B]c1c(C)c(F)cc2c1cnn2PI. The van der Waals surface area contributed by atoms with Crippen molar-refractivity contribution in [2.24, 2.45) is 0 Å². The quantitative estimate of drug-likeness (QED) is 0.440. The van der Waals surface area contributed by atoms with Gasteiger partial charge in [0.25, 0.3) is 0 Å². The zero-order chi connectivity index (χ0) is 12.3. The topological polar surface area (TPSA) is 17.8 Å². The highest BCUT2D eigenvalue weighted by atomic mass is 127. The van der Waals surface area contributed by atoms with Gasteiger partial charge in [0.2, 0.25) is 0 Å². The van der Waals surface area contributed by atoms with Gasteiger partial charge in [0.05, 0.1) is 18.1 Å². The van der Waals surface area contributed by atoms with Gasteiger partial charge < -0.3 is 0 Å². The van der Waals surface area contributed by atoms with E-state index in [1.807, 2.05) is 13.8 Å². The van der Waals surface area contributed by atoms with Crippen LogP contribution < -0.4 is 5.46 Å². The Balaban J connectivity index is 0.000000606. The van der Waals surface area contributed by atoms with Gasteiger partial charge in [0, 0.05) is 11.5 Å². The first-order valence-corrected chi connectivity index (χ1v) is 9.00.